The molecule has 1 aliphatic heterocycles. The van der Waals surface area contributed by atoms with Crippen molar-refractivity contribution in [2.24, 2.45) is 0 Å². The lowest BCUT2D eigenvalue weighted by atomic mass is 9.98. The van der Waals surface area contributed by atoms with Gasteiger partial charge in [0.1, 0.15) is 5.82 Å². The molecule has 1 unspecified atom stereocenters. The molecule has 1 aromatic heterocycles. The van der Waals surface area contributed by atoms with Crippen molar-refractivity contribution in [1.82, 2.24) is 14.9 Å². The van der Waals surface area contributed by atoms with E-state index < -0.39 is 0 Å². The van der Waals surface area contributed by atoms with E-state index in [0.29, 0.717) is 5.92 Å². The Kier molecular flexibility index (Phi) is 4.64. The number of anilines is 1. The van der Waals surface area contributed by atoms with Crippen LogP contribution < -0.4 is 5.32 Å². The summed E-state index contributed by atoms with van der Waals surface area (Å²) in [6.07, 6.45) is 2.26. The maximum Gasteiger partial charge on any atom is 0.173 e. The van der Waals surface area contributed by atoms with Crippen LogP contribution in [0.3, 0.4) is 0 Å². The average Bonchev–Trinajstić information content (AvgIpc) is 3.10. The second kappa shape index (κ2) is 7.08. The molecule has 4 rings (SSSR count). The van der Waals surface area contributed by atoms with Gasteiger partial charge in [0.2, 0.25) is 0 Å². The molecule has 1 saturated heterocycles. The first-order valence-corrected chi connectivity index (χ1v) is 9.59. The fraction of sp³-hybridized carbons (Fsp3) is 0.333. The number of fused-ring (bicyclic) bond motifs is 1. The van der Waals surface area contributed by atoms with Crippen molar-refractivity contribution >= 4 is 34.1 Å². The van der Waals surface area contributed by atoms with Crippen molar-refractivity contribution in [3.63, 3.8) is 0 Å². The number of hydrogen-bond donors (Lipinski definition) is 2. The number of thiocarbonyl (C=S) groups is 1. The van der Waals surface area contributed by atoms with Crippen LogP contribution in [0, 0.1) is 13.8 Å². The number of piperidine rings is 1. The number of rotatable bonds is 2. The largest absolute Gasteiger partial charge is 0.348 e. The van der Waals surface area contributed by atoms with Crippen molar-refractivity contribution in [1.29, 1.82) is 0 Å². The Hall–Kier alpha value is -2.40. The number of para-hydroxylation sites is 2. The number of aryl methyl sites for hydroxylation is 1. The third-order valence-electron chi connectivity index (χ3n) is 5.35. The summed E-state index contributed by atoms with van der Waals surface area (Å²) in [5, 5.41) is 4.25. The number of hydrogen-bond acceptors (Lipinski definition) is 2. The van der Waals surface area contributed by atoms with Crippen molar-refractivity contribution in [2.45, 2.75) is 32.6 Å². The molecule has 2 heterocycles. The number of nitrogens with one attached hydrogen (secondary N) is 2. The topological polar surface area (TPSA) is 44.0 Å². The Balaban J connectivity index is 1.49. The Morgan fingerprint density at radius 2 is 2.04 bits per heavy atom. The first-order valence-electron chi connectivity index (χ1n) is 9.18. The lowest BCUT2D eigenvalue weighted by Gasteiger charge is -2.34. The first kappa shape index (κ1) is 17.0. The third kappa shape index (κ3) is 3.31. The van der Waals surface area contributed by atoms with Crippen LogP contribution in [0.15, 0.2) is 42.5 Å². The molecule has 1 fully saturated rings. The SMILES string of the molecule is Cc1cccc(NC(=S)N2CCCC(c3nc4ccccc4[nH]3)C2)c1C. The molecule has 1 atom stereocenters. The highest BCUT2D eigenvalue weighted by Crippen LogP contribution is 2.27. The van der Waals surface area contributed by atoms with Crippen LogP contribution >= 0.6 is 12.2 Å². The monoisotopic (exact) mass is 364 g/mol. The number of benzene rings is 2. The summed E-state index contributed by atoms with van der Waals surface area (Å²) >= 11 is 5.71. The normalized spacial score (nSPS) is 17.5. The van der Waals surface area contributed by atoms with Gasteiger partial charge in [0.25, 0.3) is 0 Å². The molecular weight excluding hydrogens is 340 g/mol. The van der Waals surface area contributed by atoms with E-state index in [2.05, 4.69) is 59.4 Å². The quantitative estimate of drug-likeness (QED) is 0.644. The van der Waals surface area contributed by atoms with Gasteiger partial charge in [-0.15, -0.1) is 0 Å². The molecule has 26 heavy (non-hydrogen) atoms. The maximum absolute atomic E-state index is 5.71. The fourth-order valence-electron chi connectivity index (χ4n) is 3.63. The van der Waals surface area contributed by atoms with Gasteiger partial charge in [-0.2, -0.15) is 0 Å². The van der Waals surface area contributed by atoms with Crippen molar-refractivity contribution < 1.29 is 0 Å². The molecule has 4 nitrogen and oxygen atoms in total. The zero-order valence-electron chi connectivity index (χ0n) is 15.2. The number of aromatic amines is 1. The van der Waals surface area contributed by atoms with Crippen LogP contribution in [-0.4, -0.2) is 33.1 Å². The van der Waals surface area contributed by atoms with E-state index in [1.165, 1.54) is 11.1 Å². The van der Waals surface area contributed by atoms with Gasteiger partial charge in [0.05, 0.1) is 11.0 Å². The molecule has 3 aromatic rings. The number of H-pyrrole nitrogens is 1. The zero-order valence-corrected chi connectivity index (χ0v) is 16.1. The first-order chi connectivity index (χ1) is 12.6. The third-order valence-corrected chi connectivity index (χ3v) is 5.71. The second-order valence-corrected chi connectivity index (χ2v) is 7.49. The molecule has 0 spiro atoms. The van der Waals surface area contributed by atoms with E-state index in [1.807, 2.05) is 12.1 Å². The van der Waals surface area contributed by atoms with Crippen LogP contribution in [0.4, 0.5) is 5.69 Å². The number of imidazole rings is 1. The highest BCUT2D eigenvalue weighted by Gasteiger charge is 2.25. The predicted octanol–water partition coefficient (Wildman–Crippen LogP) is 4.76. The Morgan fingerprint density at radius 3 is 2.88 bits per heavy atom. The molecule has 0 aliphatic carbocycles. The minimum Gasteiger partial charge on any atom is -0.348 e. The maximum atomic E-state index is 5.71. The molecule has 1 aliphatic rings. The van der Waals surface area contributed by atoms with Gasteiger partial charge in [-0.1, -0.05) is 24.3 Å². The lowest BCUT2D eigenvalue weighted by molar-refractivity contribution is 0.307. The van der Waals surface area contributed by atoms with Crippen molar-refractivity contribution in [3.8, 4) is 0 Å². The molecule has 2 aromatic carbocycles. The summed E-state index contributed by atoms with van der Waals surface area (Å²) in [6.45, 7) is 6.15. The molecule has 0 amide bonds. The fourth-order valence-corrected chi connectivity index (χ4v) is 3.91. The minimum absolute atomic E-state index is 0.384. The number of nitrogens with zero attached hydrogens (tertiary/aromatic N) is 2. The van der Waals surface area contributed by atoms with E-state index in [4.69, 9.17) is 17.2 Å². The Bertz CT molecular complexity index is 913. The van der Waals surface area contributed by atoms with E-state index in [9.17, 15) is 0 Å². The number of likely N-dealkylation sites (tertiary alicyclic amines) is 1. The summed E-state index contributed by atoms with van der Waals surface area (Å²) in [7, 11) is 0. The van der Waals surface area contributed by atoms with Gasteiger partial charge >= 0.3 is 0 Å². The van der Waals surface area contributed by atoms with Crippen LogP contribution in [0.2, 0.25) is 0 Å². The van der Waals surface area contributed by atoms with Crippen LogP contribution in [0.1, 0.15) is 35.7 Å². The molecular formula is C21H24N4S. The molecule has 0 radical (unpaired) electrons. The molecule has 0 bridgehead atoms. The molecule has 5 heteroatoms. The molecule has 2 N–H and O–H groups in total. The van der Waals surface area contributed by atoms with E-state index >= 15 is 0 Å². The zero-order chi connectivity index (χ0) is 18.1. The Labute approximate surface area is 159 Å². The summed E-state index contributed by atoms with van der Waals surface area (Å²) in [4.78, 5) is 10.6. The minimum atomic E-state index is 0.384. The van der Waals surface area contributed by atoms with E-state index in [0.717, 1.165) is 53.6 Å². The highest BCUT2D eigenvalue weighted by molar-refractivity contribution is 7.80. The van der Waals surface area contributed by atoms with Gasteiger partial charge in [-0.3, -0.25) is 0 Å². The summed E-state index contributed by atoms with van der Waals surface area (Å²) in [6, 6.07) is 14.5. The smallest absolute Gasteiger partial charge is 0.173 e. The van der Waals surface area contributed by atoms with Gasteiger partial charge in [-0.05, 0) is 68.2 Å². The number of aromatic nitrogens is 2. The van der Waals surface area contributed by atoms with Gasteiger partial charge < -0.3 is 15.2 Å². The van der Waals surface area contributed by atoms with Crippen LogP contribution in [-0.2, 0) is 0 Å². The predicted molar refractivity (Wildman–Crippen MR) is 112 cm³/mol. The van der Waals surface area contributed by atoms with Gasteiger partial charge in [0.15, 0.2) is 5.11 Å². The highest BCUT2D eigenvalue weighted by atomic mass is 32.1. The van der Waals surface area contributed by atoms with Crippen LogP contribution in [0.25, 0.3) is 11.0 Å². The summed E-state index contributed by atoms with van der Waals surface area (Å²) in [5.41, 5.74) is 5.77. The standard InChI is InChI=1S/C21H24N4S/c1-14-7-5-11-17(15(14)2)24-21(26)25-12-6-8-16(13-25)20-22-18-9-3-4-10-19(18)23-20/h3-5,7,9-11,16H,6,8,12-13H2,1-2H3,(H,22,23)(H,24,26). The summed E-state index contributed by atoms with van der Waals surface area (Å²) in [5.74, 6) is 1.46. The van der Waals surface area contributed by atoms with Crippen LogP contribution in [0.5, 0.6) is 0 Å². The van der Waals surface area contributed by atoms with E-state index in [1.54, 1.807) is 0 Å². The molecule has 134 valence electrons. The van der Waals surface area contributed by atoms with E-state index in [-0.39, 0.29) is 0 Å². The molecule has 0 saturated carbocycles. The Morgan fingerprint density at radius 1 is 1.19 bits per heavy atom. The van der Waals surface area contributed by atoms with Gasteiger partial charge in [0, 0.05) is 24.7 Å². The van der Waals surface area contributed by atoms with Crippen molar-refractivity contribution in [3.05, 3.63) is 59.4 Å². The second-order valence-electron chi connectivity index (χ2n) is 7.10. The van der Waals surface area contributed by atoms with Gasteiger partial charge in [-0.25, -0.2) is 4.98 Å². The lowest BCUT2D eigenvalue weighted by Crippen LogP contribution is -2.41. The summed E-state index contributed by atoms with van der Waals surface area (Å²) < 4.78 is 0. The average molecular weight is 365 g/mol. The van der Waals surface area contributed by atoms with Crippen molar-refractivity contribution in [2.75, 3.05) is 18.4 Å².